The summed E-state index contributed by atoms with van der Waals surface area (Å²) in [6, 6.07) is 73.8. The van der Waals surface area contributed by atoms with E-state index in [1.807, 2.05) is 0 Å². The molecule has 1 aromatic heterocycles. The lowest BCUT2D eigenvalue weighted by molar-refractivity contribution is 0.590. The lowest BCUT2D eigenvalue weighted by atomic mass is 9.67. The van der Waals surface area contributed by atoms with Gasteiger partial charge in [0, 0.05) is 27.8 Å². The first-order chi connectivity index (χ1) is 26.9. The van der Waals surface area contributed by atoms with Crippen molar-refractivity contribution in [3.05, 3.63) is 228 Å². The first-order valence-electron chi connectivity index (χ1n) is 19.3. The molecule has 0 bridgehead atoms. The summed E-state index contributed by atoms with van der Waals surface area (Å²) in [6.45, 7) is 6.87. The minimum absolute atomic E-state index is 0.0142. The Hall–Kier alpha value is -6.64. The SMILES string of the molecule is CC(C)(C)c1cccc(-n2c3ccccc3c3cccc(N(c4ccccc4)c4cccc(C5(c6ccccc6)c6ccccc6-c6ccccc65)c4)c32)c1. The third-order valence-electron chi connectivity index (χ3n) is 11.6. The molecule has 8 aromatic carbocycles. The zero-order chi connectivity index (χ0) is 37.1. The van der Waals surface area contributed by atoms with Crippen LogP contribution in [0.15, 0.2) is 200 Å². The van der Waals surface area contributed by atoms with Crippen LogP contribution in [0.5, 0.6) is 0 Å². The summed E-state index contributed by atoms with van der Waals surface area (Å²) >= 11 is 0. The molecule has 0 atom stereocenters. The Morgan fingerprint density at radius 2 is 1.02 bits per heavy atom. The molecule has 1 heterocycles. The molecular formula is C53H42N2. The molecule has 0 radical (unpaired) electrons. The third-order valence-corrected chi connectivity index (χ3v) is 11.6. The highest BCUT2D eigenvalue weighted by Gasteiger charge is 2.46. The maximum atomic E-state index is 2.48. The van der Waals surface area contributed by atoms with Gasteiger partial charge in [-0.3, -0.25) is 0 Å². The van der Waals surface area contributed by atoms with Gasteiger partial charge in [0.25, 0.3) is 0 Å². The van der Waals surface area contributed by atoms with Crippen LogP contribution in [-0.4, -0.2) is 4.57 Å². The van der Waals surface area contributed by atoms with Gasteiger partial charge in [-0.2, -0.15) is 0 Å². The van der Waals surface area contributed by atoms with Crippen molar-refractivity contribution in [2.45, 2.75) is 31.6 Å². The summed E-state index contributed by atoms with van der Waals surface area (Å²) in [4.78, 5) is 2.46. The lowest BCUT2D eigenvalue weighted by Crippen LogP contribution is -2.28. The molecule has 9 aromatic rings. The highest BCUT2D eigenvalue weighted by molar-refractivity contribution is 6.14. The summed E-state index contributed by atoms with van der Waals surface area (Å²) in [7, 11) is 0. The maximum Gasteiger partial charge on any atom is 0.0782 e. The number of rotatable bonds is 6. The summed E-state index contributed by atoms with van der Waals surface area (Å²) in [5, 5.41) is 2.47. The van der Waals surface area contributed by atoms with Crippen molar-refractivity contribution in [3.8, 4) is 16.8 Å². The highest BCUT2D eigenvalue weighted by Crippen LogP contribution is 2.56. The summed E-state index contributed by atoms with van der Waals surface area (Å²) in [5.41, 5.74) is 15.4. The summed E-state index contributed by atoms with van der Waals surface area (Å²) in [6.07, 6.45) is 0. The summed E-state index contributed by atoms with van der Waals surface area (Å²) in [5.74, 6) is 0. The molecule has 2 nitrogen and oxygen atoms in total. The minimum atomic E-state index is -0.499. The number of anilines is 3. The molecule has 0 unspecified atom stereocenters. The van der Waals surface area contributed by atoms with E-state index >= 15 is 0 Å². The van der Waals surface area contributed by atoms with Crippen LogP contribution in [-0.2, 0) is 10.8 Å². The molecule has 264 valence electrons. The average Bonchev–Trinajstić information content (AvgIpc) is 3.73. The van der Waals surface area contributed by atoms with E-state index in [1.165, 1.54) is 60.8 Å². The van der Waals surface area contributed by atoms with E-state index in [0.29, 0.717) is 0 Å². The molecule has 10 rings (SSSR count). The molecular weight excluding hydrogens is 665 g/mol. The molecule has 0 amide bonds. The van der Waals surface area contributed by atoms with Crippen molar-refractivity contribution in [2.24, 2.45) is 0 Å². The van der Waals surface area contributed by atoms with Gasteiger partial charge in [0.1, 0.15) is 0 Å². The standard InChI is InChI=1S/C53H42N2/c1-52(2,3)38-21-16-26-42(35-38)55-49-33-15-12-29-45(49)46-30-18-34-50(51(46)55)54(40-23-8-5-9-24-40)41-25-17-22-39(36-41)53(37-19-6-4-7-20-37)47-31-13-10-27-43(47)44-28-11-14-32-48(44)53/h4-36H,1-3H3. The molecule has 0 fully saturated rings. The molecule has 0 N–H and O–H groups in total. The number of benzene rings is 8. The van der Waals surface area contributed by atoms with Gasteiger partial charge >= 0.3 is 0 Å². The van der Waals surface area contributed by atoms with E-state index in [0.717, 1.165) is 22.7 Å². The zero-order valence-corrected chi connectivity index (χ0v) is 31.4. The van der Waals surface area contributed by atoms with E-state index in [9.17, 15) is 0 Å². The second-order valence-corrected chi connectivity index (χ2v) is 15.8. The van der Waals surface area contributed by atoms with Gasteiger partial charge in [0.15, 0.2) is 0 Å². The van der Waals surface area contributed by atoms with Crippen molar-refractivity contribution in [2.75, 3.05) is 4.90 Å². The fourth-order valence-corrected chi connectivity index (χ4v) is 9.16. The van der Waals surface area contributed by atoms with Gasteiger partial charge in [-0.1, -0.05) is 172 Å². The lowest BCUT2D eigenvalue weighted by Gasteiger charge is -2.35. The van der Waals surface area contributed by atoms with Crippen LogP contribution in [0.2, 0.25) is 0 Å². The Balaban J connectivity index is 1.27. The molecule has 0 aliphatic heterocycles. The fourth-order valence-electron chi connectivity index (χ4n) is 9.16. The molecule has 55 heavy (non-hydrogen) atoms. The number of hydrogen-bond acceptors (Lipinski definition) is 1. The van der Waals surface area contributed by atoms with Gasteiger partial charge in [0.2, 0.25) is 0 Å². The van der Waals surface area contributed by atoms with Gasteiger partial charge in [-0.25, -0.2) is 0 Å². The van der Waals surface area contributed by atoms with E-state index < -0.39 is 5.41 Å². The second-order valence-electron chi connectivity index (χ2n) is 15.8. The number of hydrogen-bond donors (Lipinski definition) is 0. The first-order valence-corrected chi connectivity index (χ1v) is 19.3. The summed E-state index contributed by atoms with van der Waals surface area (Å²) < 4.78 is 2.48. The smallest absolute Gasteiger partial charge is 0.0782 e. The third kappa shape index (κ3) is 5.09. The van der Waals surface area contributed by atoms with Crippen LogP contribution >= 0.6 is 0 Å². The number of para-hydroxylation sites is 3. The van der Waals surface area contributed by atoms with Crippen molar-refractivity contribution in [1.29, 1.82) is 0 Å². The van der Waals surface area contributed by atoms with Crippen LogP contribution in [0.25, 0.3) is 38.6 Å². The quantitative estimate of drug-likeness (QED) is 0.167. The van der Waals surface area contributed by atoms with Crippen LogP contribution in [0.1, 0.15) is 48.6 Å². The molecule has 0 saturated heterocycles. The average molecular weight is 707 g/mol. The Morgan fingerprint density at radius 3 is 1.75 bits per heavy atom. The number of fused-ring (bicyclic) bond motifs is 6. The Morgan fingerprint density at radius 1 is 0.455 bits per heavy atom. The van der Waals surface area contributed by atoms with E-state index in [-0.39, 0.29) is 5.41 Å². The molecule has 0 saturated carbocycles. The van der Waals surface area contributed by atoms with Crippen LogP contribution in [0, 0.1) is 0 Å². The highest BCUT2D eigenvalue weighted by atomic mass is 15.2. The van der Waals surface area contributed by atoms with Crippen molar-refractivity contribution in [1.82, 2.24) is 4.57 Å². The maximum absolute atomic E-state index is 2.48. The normalized spacial score (nSPS) is 13.1. The fraction of sp³-hybridized carbons (Fsp3) is 0.0943. The van der Waals surface area contributed by atoms with Gasteiger partial charge in [0.05, 0.1) is 22.1 Å². The molecule has 2 heteroatoms. The molecule has 1 aliphatic carbocycles. The van der Waals surface area contributed by atoms with Crippen LogP contribution in [0.3, 0.4) is 0 Å². The van der Waals surface area contributed by atoms with Crippen LogP contribution in [0.4, 0.5) is 17.1 Å². The van der Waals surface area contributed by atoms with Crippen LogP contribution < -0.4 is 4.90 Å². The zero-order valence-electron chi connectivity index (χ0n) is 31.4. The topological polar surface area (TPSA) is 8.17 Å². The first kappa shape index (κ1) is 33.0. The number of aromatic nitrogens is 1. The van der Waals surface area contributed by atoms with Crippen molar-refractivity contribution < 1.29 is 0 Å². The van der Waals surface area contributed by atoms with E-state index in [1.54, 1.807) is 0 Å². The largest absolute Gasteiger partial charge is 0.308 e. The van der Waals surface area contributed by atoms with Gasteiger partial charge in [-0.05, 0) is 92.9 Å². The Kier molecular flexibility index (Phi) is 7.64. The van der Waals surface area contributed by atoms with Crippen molar-refractivity contribution >= 4 is 38.9 Å². The second kappa shape index (κ2) is 12.7. The Labute approximate surface area is 323 Å². The van der Waals surface area contributed by atoms with E-state index in [2.05, 4.69) is 230 Å². The van der Waals surface area contributed by atoms with Gasteiger partial charge < -0.3 is 9.47 Å². The van der Waals surface area contributed by atoms with Crippen molar-refractivity contribution in [3.63, 3.8) is 0 Å². The van der Waals surface area contributed by atoms with Gasteiger partial charge in [-0.15, -0.1) is 0 Å². The Bertz CT molecular complexity index is 2810. The molecule has 1 aliphatic rings. The predicted octanol–water partition coefficient (Wildman–Crippen LogP) is 13.9. The predicted molar refractivity (Wildman–Crippen MR) is 231 cm³/mol. The number of nitrogens with zero attached hydrogens (tertiary/aromatic N) is 2. The minimum Gasteiger partial charge on any atom is -0.308 e. The molecule has 0 spiro atoms. The van der Waals surface area contributed by atoms with E-state index in [4.69, 9.17) is 0 Å². The monoisotopic (exact) mass is 706 g/mol.